The van der Waals surface area contributed by atoms with Crippen LogP contribution in [0.2, 0.25) is 0 Å². The molecule has 0 amide bonds. The van der Waals surface area contributed by atoms with E-state index in [9.17, 15) is 0 Å². The molecule has 2 saturated carbocycles. The second-order valence-electron chi connectivity index (χ2n) is 20.4. The van der Waals surface area contributed by atoms with Crippen molar-refractivity contribution in [1.29, 1.82) is 0 Å². The van der Waals surface area contributed by atoms with Crippen molar-refractivity contribution in [3.05, 3.63) is 108 Å². The fourth-order valence-corrected chi connectivity index (χ4v) is 12.3. The molecule has 3 aromatic carbocycles. The molecule has 10 rings (SSSR count). The third kappa shape index (κ3) is 10.2. The van der Waals surface area contributed by atoms with Gasteiger partial charge in [0.1, 0.15) is 54.9 Å². The number of hydrogen-bond donors (Lipinski definition) is 0. The van der Waals surface area contributed by atoms with Crippen LogP contribution in [0.25, 0.3) is 0 Å². The Morgan fingerprint density at radius 2 is 0.712 bits per heavy atom. The molecule has 0 bridgehead atoms. The Kier molecular flexibility index (Phi) is 16.7. The highest BCUT2D eigenvalue weighted by molar-refractivity contribution is 5.16. The second-order valence-corrected chi connectivity index (χ2v) is 20.4. The summed E-state index contributed by atoms with van der Waals surface area (Å²) in [6.45, 7) is 6.62. The van der Waals surface area contributed by atoms with E-state index in [1.165, 1.54) is 0 Å². The Morgan fingerprint density at radius 3 is 1.11 bits per heavy atom. The predicted molar refractivity (Wildman–Crippen MR) is 260 cm³/mol. The van der Waals surface area contributed by atoms with Crippen molar-refractivity contribution in [2.24, 2.45) is 0 Å². The van der Waals surface area contributed by atoms with Crippen LogP contribution in [0.1, 0.15) is 88.8 Å². The highest BCUT2D eigenvalue weighted by Gasteiger charge is 2.70. The standard InChI is InChI=1S/C56H76O17/c1-35-41(62-32-38-22-12-9-13-23-38)44(63-33-39-24-14-10-15-25-39)47(64-34-40-26-16-11-17-27-40)51(66-35)69-49-46-43(71-54(59-6)29-19-21-31-56(54,61-8)73-46)37(3)67-52(49)68-48-45-42(36(2)65-50(48)57-4)70-53(58-5)28-18-20-30-55(53,60-7)72-45/h9-17,22-27,35-37,41-52H,18-21,28-34H2,1-8H3/t35-,36-,37-,41-,42-,43-,44+,45+,46+,47+,48+,49+,50+,51-,52-,53+,54+,55+,56+/m0/s1. The van der Waals surface area contributed by atoms with Crippen LogP contribution in [0.4, 0.5) is 0 Å². The normalized spacial score (nSPS) is 42.5. The van der Waals surface area contributed by atoms with Crippen LogP contribution in [0.15, 0.2) is 91.0 Å². The highest BCUT2D eigenvalue weighted by Crippen LogP contribution is 2.54. The molecular weight excluding hydrogens is 945 g/mol. The smallest absolute Gasteiger partial charge is 0.223 e. The van der Waals surface area contributed by atoms with Crippen molar-refractivity contribution >= 4 is 0 Å². The van der Waals surface area contributed by atoms with E-state index in [2.05, 4.69) is 0 Å². The van der Waals surface area contributed by atoms with Gasteiger partial charge in [0.2, 0.25) is 23.1 Å². The zero-order valence-corrected chi connectivity index (χ0v) is 43.5. The van der Waals surface area contributed by atoms with Crippen molar-refractivity contribution in [2.75, 3.05) is 35.5 Å². The molecule has 2 aliphatic carbocycles. The maximum atomic E-state index is 7.46. The van der Waals surface area contributed by atoms with Crippen LogP contribution in [-0.2, 0) is 100 Å². The summed E-state index contributed by atoms with van der Waals surface area (Å²) in [5, 5.41) is 0. The summed E-state index contributed by atoms with van der Waals surface area (Å²) in [5.74, 6) is -4.98. The van der Waals surface area contributed by atoms with Crippen LogP contribution >= 0.6 is 0 Å². The van der Waals surface area contributed by atoms with Gasteiger partial charge in [-0.25, -0.2) is 0 Å². The quantitative estimate of drug-likeness (QED) is 0.123. The first-order valence-corrected chi connectivity index (χ1v) is 26.2. The fraction of sp³-hybridized carbons (Fsp3) is 0.679. The van der Waals surface area contributed by atoms with Gasteiger partial charge in [-0.1, -0.05) is 91.0 Å². The average molecular weight is 1020 g/mol. The van der Waals surface area contributed by atoms with Gasteiger partial charge in [-0.05, 0) is 63.1 Å². The maximum Gasteiger partial charge on any atom is 0.223 e. The van der Waals surface area contributed by atoms with E-state index < -0.39 is 115 Å². The van der Waals surface area contributed by atoms with E-state index in [1.54, 1.807) is 35.5 Å². The Hall–Kier alpha value is -3.02. The number of methoxy groups -OCH3 is 5. The van der Waals surface area contributed by atoms with E-state index in [0.29, 0.717) is 32.3 Å². The van der Waals surface area contributed by atoms with Crippen LogP contribution in [0, 0.1) is 0 Å². The fourth-order valence-electron chi connectivity index (χ4n) is 12.3. The molecule has 0 radical (unpaired) electrons. The summed E-state index contributed by atoms with van der Waals surface area (Å²) in [6, 6.07) is 30.0. The Balaban J connectivity index is 1.04. The first-order chi connectivity index (χ1) is 35.5. The Labute approximate surface area is 429 Å². The first-order valence-electron chi connectivity index (χ1n) is 26.2. The molecular formula is C56H76O17. The minimum atomic E-state index is -1.31. The van der Waals surface area contributed by atoms with E-state index in [4.69, 9.17) is 80.5 Å². The SMILES string of the molecule is CO[C@@H]1O[C@@H](C)[C@@H]2O[C@]3(OC)CCCC[C@@]3(OC)O[C@H]2[C@H]1O[C@@H]1O[C@@H](C)[C@@H]2O[C@]3(OC)CCCC[C@@]3(OC)O[C@H]2[C@H]1O[C@@H]1O[C@@H](C)[C@H](OCc2ccccc2)[C@@H](OCc2ccccc2)[C@H]1OCc1ccccc1. The van der Waals surface area contributed by atoms with Crippen LogP contribution in [0.5, 0.6) is 0 Å². The summed E-state index contributed by atoms with van der Waals surface area (Å²) in [7, 11) is 8.08. The minimum Gasteiger partial charge on any atom is -0.368 e. The van der Waals surface area contributed by atoms with E-state index in [1.807, 2.05) is 112 Å². The van der Waals surface area contributed by atoms with Crippen LogP contribution in [-0.4, -0.2) is 151 Å². The average Bonchev–Trinajstić information content (AvgIpc) is 3.43. The van der Waals surface area contributed by atoms with Crippen molar-refractivity contribution in [1.82, 2.24) is 0 Å². The zero-order valence-electron chi connectivity index (χ0n) is 43.5. The molecule has 3 aromatic rings. The van der Waals surface area contributed by atoms with E-state index in [-0.39, 0.29) is 13.2 Å². The number of benzene rings is 3. The molecule has 17 nitrogen and oxygen atoms in total. The molecule has 0 spiro atoms. The topological polar surface area (TPSA) is 157 Å². The number of fused-ring (bicyclic) bond motifs is 4. The van der Waals surface area contributed by atoms with Gasteiger partial charge >= 0.3 is 0 Å². The molecule has 402 valence electrons. The summed E-state index contributed by atoms with van der Waals surface area (Å²) in [5.41, 5.74) is 2.94. The lowest BCUT2D eigenvalue weighted by atomic mass is 9.83. The van der Waals surface area contributed by atoms with E-state index in [0.717, 1.165) is 42.4 Å². The minimum absolute atomic E-state index is 0.213. The summed E-state index contributed by atoms with van der Waals surface area (Å²) in [4.78, 5) is 0. The van der Waals surface area contributed by atoms with Crippen molar-refractivity contribution in [3.8, 4) is 0 Å². The largest absolute Gasteiger partial charge is 0.368 e. The van der Waals surface area contributed by atoms with Gasteiger partial charge in [-0.15, -0.1) is 0 Å². The highest BCUT2D eigenvalue weighted by atomic mass is 16.9. The summed E-state index contributed by atoms with van der Waals surface area (Å²) in [6.07, 6.45) is -6.71. The molecule has 19 atom stereocenters. The Bertz CT molecular complexity index is 2200. The van der Waals surface area contributed by atoms with Gasteiger partial charge in [-0.3, -0.25) is 0 Å². The summed E-state index contributed by atoms with van der Waals surface area (Å²) < 4.78 is 116. The Morgan fingerprint density at radius 1 is 0.384 bits per heavy atom. The van der Waals surface area contributed by atoms with Crippen molar-refractivity contribution in [2.45, 2.75) is 207 Å². The van der Waals surface area contributed by atoms with Gasteiger partial charge in [0.25, 0.3) is 0 Å². The van der Waals surface area contributed by atoms with Gasteiger partial charge in [0, 0.05) is 61.2 Å². The number of rotatable bonds is 18. The van der Waals surface area contributed by atoms with Gasteiger partial charge < -0.3 is 80.5 Å². The van der Waals surface area contributed by atoms with E-state index >= 15 is 0 Å². The molecule has 17 heteroatoms. The number of hydrogen-bond acceptors (Lipinski definition) is 17. The summed E-state index contributed by atoms with van der Waals surface area (Å²) >= 11 is 0. The van der Waals surface area contributed by atoms with Crippen LogP contribution in [0.3, 0.4) is 0 Å². The first kappa shape index (κ1) is 53.4. The third-order valence-corrected chi connectivity index (χ3v) is 16.2. The lowest BCUT2D eigenvalue weighted by Gasteiger charge is -2.62. The zero-order chi connectivity index (χ0) is 50.8. The molecule has 5 heterocycles. The molecule has 0 aromatic heterocycles. The molecule has 0 N–H and O–H groups in total. The molecule has 5 aliphatic heterocycles. The number of ether oxygens (including phenoxy) is 17. The van der Waals surface area contributed by atoms with Gasteiger partial charge in [-0.2, -0.15) is 0 Å². The van der Waals surface area contributed by atoms with Crippen molar-refractivity contribution in [3.63, 3.8) is 0 Å². The van der Waals surface area contributed by atoms with Gasteiger partial charge in [0.15, 0.2) is 18.9 Å². The van der Waals surface area contributed by atoms with Gasteiger partial charge in [0.05, 0.1) is 38.1 Å². The monoisotopic (exact) mass is 1020 g/mol. The van der Waals surface area contributed by atoms with Crippen molar-refractivity contribution < 1.29 is 80.5 Å². The predicted octanol–water partition coefficient (Wildman–Crippen LogP) is 7.48. The lowest BCUT2D eigenvalue weighted by Crippen LogP contribution is -2.77. The maximum absolute atomic E-state index is 7.46. The second kappa shape index (κ2) is 22.9. The third-order valence-electron chi connectivity index (χ3n) is 16.2. The van der Waals surface area contributed by atoms with Crippen LogP contribution < -0.4 is 0 Å². The molecule has 0 unspecified atom stereocenters. The molecule has 5 saturated heterocycles. The molecule has 73 heavy (non-hydrogen) atoms. The molecule has 7 fully saturated rings. The molecule has 7 aliphatic rings. The lowest BCUT2D eigenvalue weighted by molar-refractivity contribution is -0.513.